The maximum absolute atomic E-state index is 12.4. The fraction of sp³-hybridized carbons (Fsp3) is 0.611. The molecule has 1 aromatic heterocycles. The number of fused-ring (bicyclic) bond motifs is 1. The van der Waals surface area contributed by atoms with Crippen LogP contribution in [-0.4, -0.2) is 60.8 Å². The van der Waals surface area contributed by atoms with E-state index in [0.717, 1.165) is 32.7 Å². The van der Waals surface area contributed by atoms with Gasteiger partial charge in [-0.25, -0.2) is 0 Å². The summed E-state index contributed by atoms with van der Waals surface area (Å²) in [6.45, 7) is 9.07. The summed E-state index contributed by atoms with van der Waals surface area (Å²) in [6.07, 6.45) is 1.06. The van der Waals surface area contributed by atoms with Crippen LogP contribution in [0.3, 0.4) is 0 Å². The first-order valence-electron chi connectivity index (χ1n) is 8.86. The number of Topliss-reactive ketones (excluding diaryl/α,β-unsaturated/α-hetero) is 1. The number of halogens is 1. The van der Waals surface area contributed by atoms with Crippen molar-refractivity contribution in [3.63, 3.8) is 0 Å². The summed E-state index contributed by atoms with van der Waals surface area (Å²) in [6, 6.07) is 1.46. The molecule has 2 aliphatic rings. The minimum absolute atomic E-state index is 0. The molecule has 3 rings (SSSR count). The fourth-order valence-electron chi connectivity index (χ4n) is 3.55. The summed E-state index contributed by atoms with van der Waals surface area (Å²) in [4.78, 5) is 42.0. The third-order valence-corrected chi connectivity index (χ3v) is 4.89. The molecule has 0 spiro atoms. The zero-order chi connectivity index (χ0) is 18.0. The molecule has 0 bridgehead atoms. The van der Waals surface area contributed by atoms with Gasteiger partial charge in [0, 0.05) is 56.9 Å². The molecule has 1 amide bonds. The summed E-state index contributed by atoms with van der Waals surface area (Å²) in [7, 11) is 0. The highest BCUT2D eigenvalue weighted by molar-refractivity contribution is 6.02. The predicted molar refractivity (Wildman–Crippen MR) is 102 cm³/mol. The van der Waals surface area contributed by atoms with E-state index in [4.69, 9.17) is 0 Å². The zero-order valence-corrected chi connectivity index (χ0v) is 16.1. The molecular weight excluding hydrogens is 356 g/mol. The molecule has 0 saturated carbocycles. The number of amides is 1. The Morgan fingerprint density at radius 3 is 2.62 bits per heavy atom. The number of pyridine rings is 1. The lowest BCUT2D eigenvalue weighted by molar-refractivity contribution is 0.0910. The first kappa shape index (κ1) is 20.6. The topological polar surface area (TPSA) is 94.3 Å². The van der Waals surface area contributed by atoms with Crippen molar-refractivity contribution in [1.29, 1.82) is 0 Å². The van der Waals surface area contributed by atoms with Crippen molar-refractivity contribution in [3.05, 3.63) is 33.2 Å². The number of carbonyl (C=O) groups is 2. The average molecular weight is 383 g/mol. The lowest BCUT2D eigenvalue weighted by Crippen LogP contribution is -2.46. The highest BCUT2D eigenvalue weighted by Crippen LogP contribution is 2.33. The Bertz CT molecular complexity index is 738. The Morgan fingerprint density at radius 2 is 1.92 bits per heavy atom. The van der Waals surface area contributed by atoms with Gasteiger partial charge in [-0.2, -0.15) is 0 Å². The van der Waals surface area contributed by atoms with Gasteiger partial charge >= 0.3 is 0 Å². The maximum atomic E-state index is 12.4. The summed E-state index contributed by atoms with van der Waals surface area (Å²) in [5, 5.41) is 6.07. The Labute approximate surface area is 159 Å². The van der Waals surface area contributed by atoms with Gasteiger partial charge in [-0.1, -0.05) is 13.8 Å². The van der Waals surface area contributed by atoms with E-state index in [2.05, 4.69) is 20.5 Å². The third-order valence-electron chi connectivity index (χ3n) is 4.89. The Morgan fingerprint density at radius 1 is 1.23 bits per heavy atom. The van der Waals surface area contributed by atoms with E-state index >= 15 is 0 Å². The van der Waals surface area contributed by atoms with E-state index in [1.54, 1.807) is 0 Å². The van der Waals surface area contributed by atoms with Crippen molar-refractivity contribution in [2.75, 3.05) is 39.3 Å². The van der Waals surface area contributed by atoms with Gasteiger partial charge in [0.25, 0.3) is 11.5 Å². The second-order valence-corrected chi connectivity index (χ2v) is 7.69. The number of aromatic amines is 1. The normalized spacial score (nSPS) is 19.4. The molecular formula is C18H27ClN4O3. The number of carbonyl (C=O) groups excluding carboxylic acids is 2. The van der Waals surface area contributed by atoms with E-state index in [9.17, 15) is 14.4 Å². The van der Waals surface area contributed by atoms with Gasteiger partial charge < -0.3 is 15.6 Å². The monoisotopic (exact) mass is 382 g/mol. The summed E-state index contributed by atoms with van der Waals surface area (Å²) in [5.74, 6) is -0.436. The van der Waals surface area contributed by atoms with Gasteiger partial charge in [0.15, 0.2) is 5.78 Å². The van der Waals surface area contributed by atoms with Gasteiger partial charge in [0.1, 0.15) is 5.56 Å². The molecule has 1 aromatic rings. The molecule has 1 aliphatic carbocycles. The number of rotatable bonds is 4. The molecule has 0 radical (unpaired) electrons. The van der Waals surface area contributed by atoms with Crippen LogP contribution in [0.15, 0.2) is 10.9 Å². The van der Waals surface area contributed by atoms with Crippen LogP contribution in [0.2, 0.25) is 0 Å². The van der Waals surface area contributed by atoms with Crippen molar-refractivity contribution < 1.29 is 9.59 Å². The van der Waals surface area contributed by atoms with Gasteiger partial charge in [0.05, 0.1) is 0 Å². The molecule has 2 heterocycles. The van der Waals surface area contributed by atoms with Crippen molar-refractivity contribution in [2.24, 2.45) is 5.41 Å². The molecule has 8 heteroatoms. The second kappa shape index (κ2) is 8.33. The zero-order valence-electron chi connectivity index (χ0n) is 15.3. The Kier molecular flexibility index (Phi) is 6.60. The fourth-order valence-corrected chi connectivity index (χ4v) is 3.55. The van der Waals surface area contributed by atoms with Crippen molar-refractivity contribution in [2.45, 2.75) is 26.7 Å². The second-order valence-electron chi connectivity index (χ2n) is 7.69. The maximum Gasteiger partial charge on any atom is 0.261 e. The molecule has 1 aliphatic heterocycles. The van der Waals surface area contributed by atoms with Gasteiger partial charge in [-0.15, -0.1) is 12.4 Å². The molecule has 7 nitrogen and oxygen atoms in total. The minimum atomic E-state index is -0.427. The van der Waals surface area contributed by atoms with E-state index in [1.807, 2.05) is 13.8 Å². The van der Waals surface area contributed by atoms with Crippen LogP contribution in [0.5, 0.6) is 0 Å². The molecule has 144 valence electrons. The van der Waals surface area contributed by atoms with Crippen molar-refractivity contribution in [3.8, 4) is 0 Å². The number of nitrogens with one attached hydrogen (secondary N) is 3. The van der Waals surface area contributed by atoms with Crippen molar-refractivity contribution in [1.82, 2.24) is 20.5 Å². The van der Waals surface area contributed by atoms with Gasteiger partial charge in [0.2, 0.25) is 0 Å². The molecule has 1 fully saturated rings. The standard InChI is InChI=1S/C18H26N4O3.ClH/c1-18(2)10-14-12(15(23)11-18)9-13(17(25)21-14)16(24)20-5-8-22-6-3-19-4-7-22;/h9,19H,3-8,10-11H2,1-2H3,(H,20,24)(H,21,25);1H. The predicted octanol–water partition coefficient (Wildman–Crippen LogP) is 0.587. The Balaban J connectivity index is 0.00000243. The van der Waals surface area contributed by atoms with E-state index in [1.165, 1.54) is 6.07 Å². The molecule has 3 N–H and O–H groups in total. The molecule has 0 aromatic carbocycles. The van der Waals surface area contributed by atoms with E-state index in [-0.39, 0.29) is 29.2 Å². The quantitative estimate of drug-likeness (QED) is 0.708. The Hall–Kier alpha value is -1.70. The lowest BCUT2D eigenvalue weighted by Gasteiger charge is -2.29. The highest BCUT2D eigenvalue weighted by atomic mass is 35.5. The number of hydrogen-bond donors (Lipinski definition) is 3. The number of nitrogens with zero attached hydrogens (tertiary/aromatic N) is 1. The number of piperazine rings is 1. The third kappa shape index (κ3) is 4.72. The summed E-state index contributed by atoms with van der Waals surface area (Å²) < 4.78 is 0. The largest absolute Gasteiger partial charge is 0.351 e. The van der Waals surface area contributed by atoms with Crippen molar-refractivity contribution >= 4 is 24.1 Å². The number of H-pyrrole nitrogens is 1. The number of aromatic nitrogens is 1. The van der Waals surface area contributed by atoms with Crippen LogP contribution in [0.25, 0.3) is 0 Å². The SMILES string of the molecule is CC1(C)CC(=O)c2cc(C(=O)NCCN3CCNCC3)c(=O)[nH]c2C1.Cl. The smallest absolute Gasteiger partial charge is 0.261 e. The van der Waals surface area contributed by atoms with Crippen LogP contribution >= 0.6 is 12.4 Å². The van der Waals surface area contributed by atoms with Crippen LogP contribution in [0.1, 0.15) is 46.7 Å². The van der Waals surface area contributed by atoms with Crippen LogP contribution in [0.4, 0.5) is 0 Å². The molecule has 0 atom stereocenters. The van der Waals surface area contributed by atoms with E-state index in [0.29, 0.717) is 30.6 Å². The lowest BCUT2D eigenvalue weighted by atomic mass is 9.75. The first-order valence-corrected chi connectivity index (χ1v) is 8.86. The van der Waals surface area contributed by atoms with Gasteiger partial charge in [-0.3, -0.25) is 19.3 Å². The minimum Gasteiger partial charge on any atom is -0.351 e. The van der Waals surface area contributed by atoms with Gasteiger partial charge in [-0.05, 0) is 17.9 Å². The first-order chi connectivity index (χ1) is 11.9. The molecule has 1 saturated heterocycles. The summed E-state index contributed by atoms with van der Waals surface area (Å²) in [5.41, 5.74) is 0.547. The molecule has 26 heavy (non-hydrogen) atoms. The van der Waals surface area contributed by atoms with Crippen LogP contribution < -0.4 is 16.2 Å². The van der Waals surface area contributed by atoms with Crippen LogP contribution in [-0.2, 0) is 6.42 Å². The highest BCUT2D eigenvalue weighted by Gasteiger charge is 2.32. The summed E-state index contributed by atoms with van der Waals surface area (Å²) >= 11 is 0. The number of ketones is 1. The van der Waals surface area contributed by atoms with E-state index < -0.39 is 11.5 Å². The average Bonchev–Trinajstić information content (AvgIpc) is 2.54. The van der Waals surface area contributed by atoms with Crippen LogP contribution in [0, 0.1) is 5.41 Å². The number of hydrogen-bond acceptors (Lipinski definition) is 5. The molecule has 0 unspecified atom stereocenters.